The molecule has 7 nitrogen and oxygen atoms in total. The molecule has 0 aliphatic heterocycles. The van der Waals surface area contributed by atoms with Crippen LogP contribution in [0.2, 0.25) is 0 Å². The van der Waals surface area contributed by atoms with Crippen molar-refractivity contribution in [2.75, 3.05) is 0 Å². The highest BCUT2D eigenvalue weighted by atomic mass is 16.6. The number of rotatable bonds is 16. The van der Waals surface area contributed by atoms with E-state index in [-0.39, 0.29) is 24.2 Å². The van der Waals surface area contributed by atoms with Crippen LogP contribution in [-0.4, -0.2) is 35.5 Å². The Morgan fingerprint density at radius 1 is 0.825 bits per heavy atom. The van der Waals surface area contributed by atoms with Crippen LogP contribution < -0.4 is 15.4 Å². The number of nitrogens with one attached hydrogen (secondary N) is 2. The number of ether oxygens (including phenoxy) is 2. The van der Waals surface area contributed by atoms with E-state index in [1.807, 2.05) is 68.4 Å². The Hall–Kier alpha value is -3.35. The van der Waals surface area contributed by atoms with Gasteiger partial charge in [-0.2, -0.15) is 0 Å². The van der Waals surface area contributed by atoms with Crippen LogP contribution in [-0.2, 0) is 32.1 Å². The maximum absolute atomic E-state index is 13.4. The van der Waals surface area contributed by atoms with Crippen LogP contribution in [0.3, 0.4) is 0 Å². The van der Waals surface area contributed by atoms with E-state index in [9.17, 15) is 14.4 Å². The van der Waals surface area contributed by atoms with E-state index < -0.39 is 23.7 Å². The highest BCUT2D eigenvalue weighted by Crippen LogP contribution is 2.17. The van der Waals surface area contributed by atoms with Gasteiger partial charge < -0.3 is 20.1 Å². The van der Waals surface area contributed by atoms with Gasteiger partial charge in [0.05, 0.1) is 0 Å². The number of carbonyl (C=O) groups excluding carboxylic acids is 3. The van der Waals surface area contributed by atoms with Crippen molar-refractivity contribution in [2.45, 2.75) is 111 Å². The second kappa shape index (κ2) is 16.7. The molecule has 7 heteroatoms. The van der Waals surface area contributed by atoms with E-state index in [1.54, 1.807) is 20.8 Å². The summed E-state index contributed by atoms with van der Waals surface area (Å²) in [4.78, 5) is 39.1. The van der Waals surface area contributed by atoms with Gasteiger partial charge in [0.1, 0.15) is 30.0 Å². The van der Waals surface area contributed by atoms with Gasteiger partial charge in [-0.3, -0.25) is 9.59 Å². The molecule has 220 valence electrons. The Morgan fingerprint density at radius 2 is 1.50 bits per heavy atom. The standard InChI is InChI=1S/C33H48N2O5/c1-7-8-9-13-16-30(36)34-28(21-24(2)3)31(37)35-29(32(38)40-33(4,5)6)22-25-17-19-27(20-18-25)39-23-26-14-11-10-12-15-26/h10-12,14-15,17-20,24,28-29H,7-9,13,16,21-23H2,1-6H3,(H,34,36)(H,35,37)/t28-,29-/m0/s1. The van der Waals surface area contributed by atoms with Crippen molar-refractivity contribution in [1.29, 1.82) is 0 Å². The summed E-state index contributed by atoms with van der Waals surface area (Å²) in [5.41, 5.74) is 1.21. The Kier molecular flexibility index (Phi) is 13.7. The maximum Gasteiger partial charge on any atom is 0.329 e. The van der Waals surface area contributed by atoms with Crippen LogP contribution in [0.4, 0.5) is 0 Å². The lowest BCUT2D eigenvalue weighted by atomic mass is 10.0. The summed E-state index contributed by atoms with van der Waals surface area (Å²) in [6.45, 7) is 12.0. The Labute approximate surface area is 240 Å². The summed E-state index contributed by atoms with van der Waals surface area (Å²) < 4.78 is 11.5. The molecule has 2 rings (SSSR count). The Balaban J connectivity index is 2.10. The third kappa shape index (κ3) is 13.1. The van der Waals surface area contributed by atoms with Gasteiger partial charge in [-0.1, -0.05) is 82.5 Å². The number of hydrogen-bond donors (Lipinski definition) is 2. The molecule has 2 aromatic carbocycles. The van der Waals surface area contributed by atoms with Crippen molar-refractivity contribution in [3.8, 4) is 5.75 Å². The van der Waals surface area contributed by atoms with E-state index in [1.165, 1.54) is 0 Å². The second-order valence-electron chi connectivity index (χ2n) is 11.8. The van der Waals surface area contributed by atoms with Crippen LogP contribution in [0.5, 0.6) is 5.75 Å². The first-order valence-corrected chi connectivity index (χ1v) is 14.5. The normalized spacial score (nSPS) is 12.9. The van der Waals surface area contributed by atoms with Crippen LogP contribution in [0.1, 0.15) is 91.2 Å². The van der Waals surface area contributed by atoms with Gasteiger partial charge in [0.15, 0.2) is 0 Å². The van der Waals surface area contributed by atoms with E-state index in [4.69, 9.17) is 9.47 Å². The molecule has 2 aromatic rings. The van der Waals surface area contributed by atoms with Crippen molar-refractivity contribution in [2.24, 2.45) is 5.92 Å². The molecule has 0 spiro atoms. The quantitative estimate of drug-likeness (QED) is 0.193. The molecule has 0 aliphatic carbocycles. The molecular formula is C33H48N2O5. The zero-order valence-electron chi connectivity index (χ0n) is 25.1. The Bertz CT molecular complexity index is 1040. The fraction of sp³-hybridized carbons (Fsp3) is 0.545. The fourth-order valence-corrected chi connectivity index (χ4v) is 4.22. The summed E-state index contributed by atoms with van der Waals surface area (Å²) in [6.07, 6.45) is 5.06. The molecule has 0 unspecified atom stereocenters. The summed E-state index contributed by atoms with van der Waals surface area (Å²) in [5.74, 6) is -0.144. The highest BCUT2D eigenvalue weighted by Gasteiger charge is 2.30. The maximum atomic E-state index is 13.4. The summed E-state index contributed by atoms with van der Waals surface area (Å²) >= 11 is 0. The van der Waals surface area contributed by atoms with Crippen LogP contribution >= 0.6 is 0 Å². The number of hydrogen-bond acceptors (Lipinski definition) is 5. The van der Waals surface area contributed by atoms with E-state index >= 15 is 0 Å². The molecule has 0 aromatic heterocycles. The zero-order chi connectivity index (χ0) is 29.5. The zero-order valence-corrected chi connectivity index (χ0v) is 25.1. The number of esters is 1. The van der Waals surface area contributed by atoms with Crippen molar-refractivity contribution in [3.05, 3.63) is 65.7 Å². The van der Waals surface area contributed by atoms with Gasteiger partial charge in [0.2, 0.25) is 11.8 Å². The smallest absolute Gasteiger partial charge is 0.329 e. The minimum atomic E-state index is -0.904. The Morgan fingerprint density at radius 3 is 2.10 bits per heavy atom. The first kappa shape index (κ1) is 32.9. The van der Waals surface area contributed by atoms with E-state index in [0.29, 0.717) is 25.2 Å². The molecule has 0 radical (unpaired) electrons. The third-order valence-corrected chi connectivity index (χ3v) is 6.24. The topological polar surface area (TPSA) is 93.7 Å². The van der Waals surface area contributed by atoms with Gasteiger partial charge in [-0.25, -0.2) is 4.79 Å². The van der Waals surface area contributed by atoms with Crippen molar-refractivity contribution in [1.82, 2.24) is 10.6 Å². The van der Waals surface area contributed by atoms with Gasteiger partial charge in [0, 0.05) is 12.8 Å². The number of unbranched alkanes of at least 4 members (excludes halogenated alkanes) is 3. The average Bonchev–Trinajstić information content (AvgIpc) is 2.89. The van der Waals surface area contributed by atoms with Gasteiger partial charge in [-0.05, 0) is 62.8 Å². The first-order valence-electron chi connectivity index (χ1n) is 14.5. The molecule has 0 heterocycles. The number of amides is 2. The average molecular weight is 553 g/mol. The molecule has 0 bridgehead atoms. The molecule has 0 aliphatic rings. The molecule has 0 saturated carbocycles. The molecule has 0 fully saturated rings. The van der Waals surface area contributed by atoms with Crippen LogP contribution in [0.15, 0.2) is 54.6 Å². The molecule has 2 N–H and O–H groups in total. The monoisotopic (exact) mass is 552 g/mol. The van der Waals surface area contributed by atoms with Crippen molar-refractivity contribution < 1.29 is 23.9 Å². The molecule has 2 amide bonds. The van der Waals surface area contributed by atoms with Crippen molar-refractivity contribution in [3.63, 3.8) is 0 Å². The van der Waals surface area contributed by atoms with Crippen molar-refractivity contribution >= 4 is 17.8 Å². The number of benzene rings is 2. The molecular weight excluding hydrogens is 504 g/mol. The van der Waals surface area contributed by atoms with Crippen LogP contribution in [0, 0.1) is 5.92 Å². The van der Waals surface area contributed by atoms with Gasteiger partial charge >= 0.3 is 5.97 Å². The highest BCUT2D eigenvalue weighted by molar-refractivity contribution is 5.91. The minimum Gasteiger partial charge on any atom is -0.489 e. The first-order chi connectivity index (χ1) is 19.0. The molecule has 40 heavy (non-hydrogen) atoms. The third-order valence-electron chi connectivity index (χ3n) is 6.24. The minimum absolute atomic E-state index is 0.142. The van der Waals surface area contributed by atoms with Gasteiger partial charge in [-0.15, -0.1) is 0 Å². The second-order valence-corrected chi connectivity index (χ2v) is 11.8. The summed E-state index contributed by atoms with van der Waals surface area (Å²) in [7, 11) is 0. The van der Waals surface area contributed by atoms with Crippen LogP contribution in [0.25, 0.3) is 0 Å². The molecule has 2 atom stereocenters. The SMILES string of the molecule is CCCCCCC(=O)N[C@@H](CC(C)C)C(=O)N[C@@H](Cc1ccc(OCc2ccccc2)cc1)C(=O)OC(C)(C)C. The predicted octanol–water partition coefficient (Wildman–Crippen LogP) is 6.14. The molecule has 0 saturated heterocycles. The number of carbonyl (C=O) groups is 3. The lowest BCUT2D eigenvalue weighted by molar-refractivity contribution is -0.158. The van der Waals surface area contributed by atoms with E-state index in [2.05, 4.69) is 17.6 Å². The van der Waals surface area contributed by atoms with Gasteiger partial charge in [0.25, 0.3) is 0 Å². The summed E-state index contributed by atoms with van der Waals surface area (Å²) in [6, 6.07) is 15.8. The fourth-order valence-electron chi connectivity index (χ4n) is 4.22. The predicted molar refractivity (Wildman–Crippen MR) is 159 cm³/mol. The van der Waals surface area contributed by atoms with E-state index in [0.717, 1.165) is 36.8 Å². The summed E-state index contributed by atoms with van der Waals surface area (Å²) in [5, 5.41) is 5.77. The largest absolute Gasteiger partial charge is 0.489 e. The lowest BCUT2D eigenvalue weighted by Gasteiger charge is -2.27. The lowest BCUT2D eigenvalue weighted by Crippen LogP contribution is -2.53.